The molecular weight excluding hydrogens is 432 g/mol. The zero-order valence-corrected chi connectivity index (χ0v) is 19.1. The van der Waals surface area contributed by atoms with Crippen LogP contribution in [0.1, 0.15) is 65.3 Å². The number of benzene rings is 1. The van der Waals surface area contributed by atoms with Gasteiger partial charge in [-0.3, -0.25) is 19.4 Å². The smallest absolute Gasteiger partial charge is 0.309 e. The Morgan fingerprint density at radius 2 is 1.88 bits per heavy atom. The molecule has 1 fully saturated rings. The molecular formula is C26H28N4O4. The number of hydrogen-bond donors (Lipinski definition) is 3. The maximum atomic E-state index is 12.3. The van der Waals surface area contributed by atoms with Crippen molar-refractivity contribution >= 4 is 17.6 Å². The standard InChI is InChI=1S/C21H20N4O2.C5H8O2/c26-20(15-6-4-10-22-13-15)23-16-7-3-5-14(11-16)12-19-17-8-1-2-9-18(17)21(27)25-24-19;1-5(2-3-5)4(6)7/h3-7,10-11,13H,1-2,8-9,12H2,(H,23,26)(H,25,27);2-3H2,1H3,(H,6,7). The third-order valence-corrected chi connectivity index (χ3v) is 6.38. The first-order valence-corrected chi connectivity index (χ1v) is 11.5. The van der Waals surface area contributed by atoms with Crippen molar-refractivity contribution in [1.29, 1.82) is 0 Å². The molecule has 0 saturated heterocycles. The Labute approximate surface area is 197 Å². The molecule has 0 bridgehead atoms. The number of H-pyrrole nitrogens is 1. The number of nitrogens with one attached hydrogen (secondary N) is 2. The van der Waals surface area contributed by atoms with Gasteiger partial charge in [-0.1, -0.05) is 12.1 Å². The molecule has 1 saturated carbocycles. The van der Waals surface area contributed by atoms with Crippen LogP contribution in [0.5, 0.6) is 0 Å². The second kappa shape index (κ2) is 9.99. The normalized spacial score (nSPS) is 15.3. The van der Waals surface area contributed by atoms with Crippen LogP contribution in [0.2, 0.25) is 0 Å². The second-order valence-corrected chi connectivity index (χ2v) is 9.10. The maximum Gasteiger partial charge on any atom is 0.309 e. The number of carbonyl (C=O) groups excluding carboxylic acids is 1. The minimum Gasteiger partial charge on any atom is -0.481 e. The number of carboxylic acids is 1. The fourth-order valence-electron chi connectivity index (χ4n) is 3.93. The van der Waals surface area contributed by atoms with Crippen molar-refractivity contribution in [1.82, 2.24) is 15.2 Å². The van der Waals surface area contributed by atoms with Crippen LogP contribution in [-0.2, 0) is 24.1 Å². The molecule has 8 heteroatoms. The van der Waals surface area contributed by atoms with E-state index in [1.165, 1.54) is 6.20 Å². The summed E-state index contributed by atoms with van der Waals surface area (Å²) < 4.78 is 0. The van der Waals surface area contributed by atoms with Gasteiger partial charge in [-0.05, 0) is 80.8 Å². The number of aromatic nitrogens is 3. The van der Waals surface area contributed by atoms with Gasteiger partial charge in [0.1, 0.15) is 0 Å². The van der Waals surface area contributed by atoms with E-state index in [-0.39, 0.29) is 16.9 Å². The predicted molar refractivity (Wildman–Crippen MR) is 128 cm³/mol. The van der Waals surface area contributed by atoms with E-state index in [0.717, 1.165) is 66.6 Å². The lowest BCUT2D eigenvalue weighted by Gasteiger charge is -2.17. The van der Waals surface area contributed by atoms with E-state index in [1.54, 1.807) is 25.3 Å². The van der Waals surface area contributed by atoms with E-state index < -0.39 is 5.97 Å². The topological polar surface area (TPSA) is 125 Å². The number of anilines is 1. The Kier molecular flexibility index (Phi) is 6.86. The quantitative estimate of drug-likeness (QED) is 0.532. The van der Waals surface area contributed by atoms with Crippen molar-refractivity contribution in [2.75, 3.05) is 5.32 Å². The number of aromatic amines is 1. The number of carboxylic acid groups (broad SMARTS) is 1. The molecule has 2 aliphatic carbocycles. The van der Waals surface area contributed by atoms with E-state index in [1.807, 2.05) is 24.3 Å². The van der Waals surface area contributed by atoms with Crippen molar-refractivity contribution in [2.24, 2.45) is 5.41 Å². The molecule has 0 aliphatic heterocycles. The highest BCUT2D eigenvalue weighted by atomic mass is 16.4. The van der Waals surface area contributed by atoms with Crippen LogP contribution >= 0.6 is 0 Å². The summed E-state index contributed by atoms with van der Waals surface area (Å²) in [5, 5.41) is 18.1. The van der Waals surface area contributed by atoms with Gasteiger partial charge in [0.2, 0.25) is 0 Å². The minimum absolute atomic E-state index is 0.0639. The molecule has 0 unspecified atom stereocenters. The molecule has 8 nitrogen and oxygen atoms in total. The maximum absolute atomic E-state index is 12.3. The van der Waals surface area contributed by atoms with E-state index in [4.69, 9.17) is 5.11 Å². The van der Waals surface area contributed by atoms with Gasteiger partial charge < -0.3 is 10.4 Å². The summed E-state index contributed by atoms with van der Waals surface area (Å²) in [6.45, 7) is 1.77. The first-order chi connectivity index (χ1) is 16.4. The summed E-state index contributed by atoms with van der Waals surface area (Å²) in [7, 11) is 0. The molecule has 2 aromatic heterocycles. The fourth-order valence-corrected chi connectivity index (χ4v) is 3.93. The van der Waals surface area contributed by atoms with Crippen LogP contribution in [0.15, 0.2) is 53.6 Å². The third-order valence-electron chi connectivity index (χ3n) is 6.38. The highest BCUT2D eigenvalue weighted by molar-refractivity contribution is 6.04. The summed E-state index contributed by atoms with van der Waals surface area (Å²) in [5.74, 6) is -0.840. The lowest BCUT2D eigenvalue weighted by atomic mass is 9.90. The molecule has 176 valence electrons. The van der Waals surface area contributed by atoms with Crippen molar-refractivity contribution in [3.63, 3.8) is 0 Å². The molecule has 3 aromatic rings. The van der Waals surface area contributed by atoms with Crippen LogP contribution in [0.3, 0.4) is 0 Å². The summed E-state index contributed by atoms with van der Waals surface area (Å²) in [6.07, 6.45) is 9.38. The summed E-state index contributed by atoms with van der Waals surface area (Å²) in [4.78, 5) is 38.4. The highest BCUT2D eigenvalue weighted by Crippen LogP contribution is 2.44. The highest BCUT2D eigenvalue weighted by Gasteiger charge is 2.44. The van der Waals surface area contributed by atoms with Crippen molar-refractivity contribution < 1.29 is 14.7 Å². The van der Waals surface area contributed by atoms with E-state index in [2.05, 4.69) is 20.5 Å². The minimum atomic E-state index is -0.646. The number of pyridine rings is 1. The Morgan fingerprint density at radius 1 is 1.12 bits per heavy atom. The van der Waals surface area contributed by atoms with Crippen LogP contribution in [-0.4, -0.2) is 32.2 Å². The molecule has 2 aliphatic rings. The molecule has 1 aromatic carbocycles. The molecule has 3 N–H and O–H groups in total. The number of rotatable bonds is 5. The summed E-state index contributed by atoms with van der Waals surface area (Å²) in [5.41, 5.74) is 4.76. The summed E-state index contributed by atoms with van der Waals surface area (Å²) in [6, 6.07) is 11.2. The van der Waals surface area contributed by atoms with Crippen LogP contribution in [0, 0.1) is 5.41 Å². The Morgan fingerprint density at radius 3 is 2.53 bits per heavy atom. The molecule has 5 rings (SSSR count). The monoisotopic (exact) mass is 460 g/mol. The molecule has 2 heterocycles. The van der Waals surface area contributed by atoms with Gasteiger partial charge >= 0.3 is 5.97 Å². The number of nitrogens with zero attached hydrogens (tertiary/aromatic N) is 2. The van der Waals surface area contributed by atoms with Gasteiger partial charge in [-0.15, -0.1) is 0 Å². The van der Waals surface area contributed by atoms with Gasteiger partial charge in [-0.2, -0.15) is 5.10 Å². The Balaban J connectivity index is 0.000000336. The Bertz CT molecular complexity index is 1250. The lowest BCUT2D eigenvalue weighted by molar-refractivity contribution is -0.142. The molecule has 1 amide bonds. The first kappa shape index (κ1) is 23.4. The summed E-state index contributed by atoms with van der Waals surface area (Å²) >= 11 is 0. The van der Waals surface area contributed by atoms with Gasteiger partial charge in [0, 0.05) is 30.1 Å². The van der Waals surface area contributed by atoms with Crippen molar-refractivity contribution in [2.45, 2.75) is 51.9 Å². The predicted octanol–water partition coefficient (Wildman–Crippen LogP) is 3.76. The first-order valence-electron chi connectivity index (χ1n) is 11.5. The number of amides is 1. The molecule has 0 radical (unpaired) electrons. The average Bonchev–Trinajstić information content (AvgIpc) is 3.61. The largest absolute Gasteiger partial charge is 0.481 e. The SMILES string of the molecule is CC1(C(=O)O)CC1.O=C(Nc1cccc(Cc2n[nH]c(=O)c3c2CCCC3)c1)c1cccnc1. The van der Waals surface area contributed by atoms with Gasteiger partial charge in [0.15, 0.2) is 0 Å². The van der Waals surface area contributed by atoms with Crippen LogP contribution in [0.25, 0.3) is 0 Å². The molecule has 34 heavy (non-hydrogen) atoms. The van der Waals surface area contributed by atoms with E-state index >= 15 is 0 Å². The van der Waals surface area contributed by atoms with E-state index in [9.17, 15) is 14.4 Å². The third kappa shape index (κ3) is 5.57. The molecule has 0 atom stereocenters. The average molecular weight is 461 g/mol. The van der Waals surface area contributed by atoms with Gasteiger partial charge in [0.05, 0.1) is 16.7 Å². The van der Waals surface area contributed by atoms with Crippen molar-refractivity contribution in [3.05, 3.63) is 87.1 Å². The fraction of sp³-hybridized carbons (Fsp3) is 0.346. The number of aliphatic carboxylic acids is 1. The zero-order chi connectivity index (χ0) is 24.1. The lowest BCUT2D eigenvalue weighted by Crippen LogP contribution is -2.23. The van der Waals surface area contributed by atoms with Crippen LogP contribution < -0.4 is 10.9 Å². The second-order valence-electron chi connectivity index (χ2n) is 9.10. The van der Waals surface area contributed by atoms with Gasteiger partial charge in [0.25, 0.3) is 11.5 Å². The van der Waals surface area contributed by atoms with Crippen LogP contribution in [0.4, 0.5) is 5.69 Å². The van der Waals surface area contributed by atoms with Crippen molar-refractivity contribution in [3.8, 4) is 0 Å². The zero-order valence-electron chi connectivity index (χ0n) is 19.1. The number of fused-ring (bicyclic) bond motifs is 1. The number of carbonyl (C=O) groups is 2. The van der Waals surface area contributed by atoms with E-state index in [0.29, 0.717) is 12.0 Å². The van der Waals surface area contributed by atoms with Gasteiger partial charge in [-0.25, -0.2) is 5.10 Å². The number of hydrogen-bond acceptors (Lipinski definition) is 5. The molecule has 0 spiro atoms. The Hall–Kier alpha value is -3.81.